The third kappa shape index (κ3) is 16.4. The third-order valence-corrected chi connectivity index (χ3v) is 8.42. The number of rotatable bonds is 22. The number of unbranched alkanes of at least 4 members (excludes halogenated alkanes) is 2. The van der Waals surface area contributed by atoms with Crippen molar-refractivity contribution in [3.05, 3.63) is 29.8 Å². The second kappa shape index (κ2) is 21.0. The van der Waals surface area contributed by atoms with Crippen molar-refractivity contribution < 1.29 is 52.0 Å². The van der Waals surface area contributed by atoms with Gasteiger partial charge in [0.1, 0.15) is 17.8 Å². The summed E-state index contributed by atoms with van der Waals surface area (Å²) in [4.78, 5) is 73.0. The fourth-order valence-corrected chi connectivity index (χ4v) is 5.54. The van der Waals surface area contributed by atoms with E-state index in [1.165, 1.54) is 24.3 Å². The maximum absolute atomic E-state index is 13.1. The van der Waals surface area contributed by atoms with Gasteiger partial charge in [-0.1, -0.05) is 65.0 Å². The van der Waals surface area contributed by atoms with Gasteiger partial charge in [-0.15, -0.1) is 0 Å². The summed E-state index contributed by atoms with van der Waals surface area (Å²) in [5.41, 5.74) is 6.65. The van der Waals surface area contributed by atoms with E-state index >= 15 is 0 Å². The molecule has 15 nitrogen and oxygen atoms in total. The maximum atomic E-state index is 13.1. The minimum absolute atomic E-state index is 0.00865. The van der Waals surface area contributed by atoms with Gasteiger partial charge in [-0.3, -0.25) is 24.0 Å². The topological polar surface area (TPSA) is 230 Å². The zero-order chi connectivity index (χ0) is 35.6. The summed E-state index contributed by atoms with van der Waals surface area (Å²) in [6, 6.07) is 1.96. The summed E-state index contributed by atoms with van der Waals surface area (Å²) in [5.74, 6) is -5.06. The van der Waals surface area contributed by atoms with E-state index in [0.29, 0.717) is 24.9 Å². The molecular formula is C31H49N4O11P. The molecule has 1 aromatic carbocycles. The van der Waals surface area contributed by atoms with Crippen LogP contribution in [0.2, 0.25) is 0 Å². The van der Waals surface area contributed by atoms with Crippen molar-refractivity contribution in [2.75, 3.05) is 6.54 Å². The SMILES string of the molecule is CCCCC(CC)CNC(=O)CC(NC(=O)C(CCCC)NC(=O)C(N)Cc1ccc(OP(=O)(OC(C)=O)OC(C)=O)cc1)C(=O)O. The number of hydrogen-bond acceptors (Lipinski definition) is 11. The van der Waals surface area contributed by atoms with E-state index in [-0.39, 0.29) is 24.5 Å². The van der Waals surface area contributed by atoms with Gasteiger partial charge in [0.2, 0.25) is 17.7 Å². The normalized spacial score (nSPS) is 13.7. The highest BCUT2D eigenvalue weighted by Crippen LogP contribution is 2.49. The van der Waals surface area contributed by atoms with Crippen LogP contribution in [0.1, 0.15) is 91.5 Å². The number of phosphoric ester groups is 1. The predicted molar refractivity (Wildman–Crippen MR) is 172 cm³/mol. The van der Waals surface area contributed by atoms with Gasteiger partial charge in [0.25, 0.3) is 0 Å². The number of hydrogen-bond donors (Lipinski definition) is 5. The molecule has 0 saturated heterocycles. The molecule has 0 saturated carbocycles. The van der Waals surface area contributed by atoms with Crippen molar-refractivity contribution in [2.45, 2.75) is 111 Å². The Morgan fingerprint density at radius 2 is 1.40 bits per heavy atom. The Balaban J connectivity index is 2.86. The number of benzene rings is 1. The molecule has 1 aromatic rings. The van der Waals surface area contributed by atoms with E-state index in [1.807, 2.05) is 13.8 Å². The lowest BCUT2D eigenvalue weighted by Gasteiger charge is -2.23. The average molecular weight is 685 g/mol. The van der Waals surface area contributed by atoms with E-state index in [2.05, 4.69) is 31.9 Å². The summed E-state index contributed by atoms with van der Waals surface area (Å²) in [6.45, 7) is 8.35. The summed E-state index contributed by atoms with van der Waals surface area (Å²) in [6.07, 6.45) is 4.89. The van der Waals surface area contributed by atoms with Gasteiger partial charge in [-0.2, -0.15) is 4.57 Å². The predicted octanol–water partition coefficient (Wildman–Crippen LogP) is 3.14. The summed E-state index contributed by atoms with van der Waals surface area (Å²) in [7, 11) is -4.57. The molecule has 6 N–H and O–H groups in total. The first-order valence-corrected chi connectivity index (χ1v) is 17.2. The van der Waals surface area contributed by atoms with Crippen LogP contribution in [0.15, 0.2) is 24.3 Å². The Bertz CT molecular complexity index is 1240. The highest BCUT2D eigenvalue weighted by atomic mass is 31.2. The Labute approximate surface area is 275 Å². The summed E-state index contributed by atoms with van der Waals surface area (Å²) >= 11 is 0. The van der Waals surface area contributed by atoms with Crippen LogP contribution in [0.3, 0.4) is 0 Å². The number of nitrogens with two attached hydrogens (primary N) is 1. The van der Waals surface area contributed by atoms with Crippen LogP contribution in [0.4, 0.5) is 0 Å². The van der Waals surface area contributed by atoms with Gasteiger partial charge < -0.3 is 40.4 Å². The number of carbonyl (C=O) groups is 6. The molecule has 0 heterocycles. The monoisotopic (exact) mass is 684 g/mol. The molecule has 1 rings (SSSR count). The molecule has 264 valence electrons. The first kappa shape index (κ1) is 41.1. The molecule has 0 aromatic heterocycles. The van der Waals surface area contributed by atoms with E-state index < -0.39 is 68.0 Å². The first-order valence-electron chi connectivity index (χ1n) is 15.8. The van der Waals surface area contributed by atoms with Gasteiger partial charge in [0, 0.05) is 20.4 Å². The van der Waals surface area contributed by atoms with Crippen molar-refractivity contribution in [1.29, 1.82) is 0 Å². The average Bonchev–Trinajstić information content (AvgIpc) is 2.98. The molecule has 0 aliphatic carbocycles. The number of nitrogens with one attached hydrogen (secondary N) is 3. The molecule has 0 aliphatic heterocycles. The Morgan fingerprint density at radius 3 is 1.91 bits per heavy atom. The maximum Gasteiger partial charge on any atom is 0.651 e. The van der Waals surface area contributed by atoms with Crippen LogP contribution in [0.5, 0.6) is 5.75 Å². The van der Waals surface area contributed by atoms with Crippen LogP contribution in [0.25, 0.3) is 0 Å². The minimum Gasteiger partial charge on any atom is -0.480 e. The molecular weight excluding hydrogens is 635 g/mol. The largest absolute Gasteiger partial charge is 0.651 e. The van der Waals surface area contributed by atoms with E-state index in [9.17, 15) is 38.4 Å². The Morgan fingerprint density at radius 1 is 0.851 bits per heavy atom. The van der Waals surface area contributed by atoms with Crippen LogP contribution in [-0.2, 0) is 48.8 Å². The van der Waals surface area contributed by atoms with Gasteiger partial charge in [0.15, 0.2) is 0 Å². The molecule has 0 spiro atoms. The van der Waals surface area contributed by atoms with Crippen molar-refractivity contribution >= 4 is 43.5 Å². The van der Waals surface area contributed by atoms with Gasteiger partial charge in [-0.25, -0.2) is 4.79 Å². The fourth-order valence-electron chi connectivity index (χ4n) is 4.42. The van der Waals surface area contributed by atoms with Crippen LogP contribution in [0, 0.1) is 5.92 Å². The quantitative estimate of drug-likeness (QED) is 0.111. The second-order valence-electron chi connectivity index (χ2n) is 11.2. The van der Waals surface area contributed by atoms with E-state index in [0.717, 1.165) is 39.5 Å². The standard InChI is InChI=1S/C31H49N4O11P/c1-6-9-11-22(8-3)19-33-28(38)18-27(31(41)42)35-30(40)26(12-10-7-2)34-29(39)25(32)17-23-13-15-24(16-14-23)46-47(43,44-20(4)36)45-21(5)37/h13-16,22,25-27H,6-12,17-19,32H2,1-5H3,(H,33,38)(H,34,39)(H,35,40)(H,41,42). The van der Waals surface area contributed by atoms with Gasteiger partial charge in [0.05, 0.1) is 12.5 Å². The lowest BCUT2D eigenvalue weighted by atomic mass is 9.99. The highest BCUT2D eigenvalue weighted by Gasteiger charge is 2.35. The first-order chi connectivity index (χ1) is 22.1. The van der Waals surface area contributed by atoms with Gasteiger partial charge in [-0.05, 0) is 42.9 Å². The minimum atomic E-state index is -4.57. The van der Waals surface area contributed by atoms with Gasteiger partial charge >= 0.3 is 25.7 Å². The third-order valence-electron chi connectivity index (χ3n) is 7.03. The molecule has 0 radical (unpaired) electrons. The smallest absolute Gasteiger partial charge is 0.480 e. The summed E-state index contributed by atoms with van der Waals surface area (Å²) in [5, 5.41) is 17.4. The lowest BCUT2D eigenvalue weighted by Crippen LogP contribution is -2.55. The van der Waals surface area contributed by atoms with E-state index in [1.54, 1.807) is 0 Å². The molecule has 47 heavy (non-hydrogen) atoms. The zero-order valence-electron chi connectivity index (χ0n) is 27.7. The Hall–Kier alpha value is -3.97. The second-order valence-corrected chi connectivity index (χ2v) is 12.6. The molecule has 0 aliphatic rings. The lowest BCUT2D eigenvalue weighted by molar-refractivity contribution is -0.144. The molecule has 0 bridgehead atoms. The van der Waals surface area contributed by atoms with E-state index in [4.69, 9.17) is 10.3 Å². The highest BCUT2D eigenvalue weighted by molar-refractivity contribution is 7.50. The summed E-state index contributed by atoms with van der Waals surface area (Å²) < 4.78 is 26.8. The number of aliphatic carboxylic acids is 1. The molecule has 3 amide bonds. The molecule has 16 heteroatoms. The number of carboxylic acid groups (broad SMARTS) is 1. The van der Waals surface area contributed by atoms with Crippen molar-refractivity contribution in [3.63, 3.8) is 0 Å². The zero-order valence-corrected chi connectivity index (χ0v) is 28.6. The fraction of sp³-hybridized carbons (Fsp3) is 0.613. The number of carboxylic acids is 1. The van der Waals surface area contributed by atoms with Crippen molar-refractivity contribution in [2.24, 2.45) is 11.7 Å². The molecule has 4 atom stereocenters. The number of amides is 3. The van der Waals surface area contributed by atoms with Crippen LogP contribution in [-0.4, -0.2) is 65.4 Å². The molecule has 0 fully saturated rings. The molecule has 4 unspecified atom stereocenters. The Kier molecular flexibility index (Phi) is 18.4. The number of phosphoric acid groups is 1. The van der Waals surface area contributed by atoms with Crippen LogP contribution < -0.4 is 26.2 Å². The van der Waals surface area contributed by atoms with Crippen LogP contribution >= 0.6 is 7.82 Å². The van der Waals surface area contributed by atoms with Crippen molar-refractivity contribution in [1.82, 2.24) is 16.0 Å². The van der Waals surface area contributed by atoms with Crippen molar-refractivity contribution in [3.8, 4) is 5.75 Å². The number of carbonyl (C=O) groups excluding carboxylic acids is 5.